The van der Waals surface area contributed by atoms with Crippen LogP contribution in [0.2, 0.25) is 0 Å². The minimum atomic E-state index is -0.840. The topological polar surface area (TPSA) is 129 Å². The van der Waals surface area contributed by atoms with Crippen LogP contribution >= 0.6 is 0 Å². The third kappa shape index (κ3) is 6.71. The van der Waals surface area contributed by atoms with Gasteiger partial charge in [-0.3, -0.25) is 0 Å². The molecule has 0 atom stereocenters. The zero-order valence-corrected chi connectivity index (χ0v) is 13.7. The van der Waals surface area contributed by atoms with Gasteiger partial charge in [0.15, 0.2) is 0 Å². The number of amides is 2. The van der Waals surface area contributed by atoms with Gasteiger partial charge < -0.3 is 19.1 Å². The molecule has 1 rings (SSSR count). The van der Waals surface area contributed by atoms with Gasteiger partial charge in [0.1, 0.15) is 0 Å². The predicted octanol–water partition coefficient (Wildman–Crippen LogP) is 1.20. The largest absolute Gasteiger partial charge is 0.448 e. The van der Waals surface area contributed by atoms with Gasteiger partial charge in [-0.25, -0.2) is 19.2 Å². The minimum Gasteiger partial charge on any atom is -0.448 e. The second-order valence-electron chi connectivity index (χ2n) is 5.04. The molecule has 0 aliphatic heterocycles. The Bertz CT molecular complexity index is 418. The first-order valence-corrected chi connectivity index (χ1v) is 7.74. The van der Waals surface area contributed by atoms with E-state index in [1.54, 1.807) is 13.8 Å². The highest BCUT2D eigenvalue weighted by Gasteiger charge is 2.32. The average molecular weight is 346 g/mol. The van der Waals surface area contributed by atoms with Crippen LogP contribution in [0.1, 0.15) is 39.5 Å². The van der Waals surface area contributed by atoms with E-state index in [-0.39, 0.29) is 13.2 Å². The molecule has 10 heteroatoms. The highest BCUT2D eigenvalue weighted by Crippen LogP contribution is 2.30. The summed E-state index contributed by atoms with van der Waals surface area (Å²) in [5.41, 5.74) is 3.79. The number of carbonyl (C=O) groups excluding carboxylic acids is 4. The number of ether oxygens (including phenoxy) is 2. The number of hydrogen-bond donors (Lipinski definition) is 2. The van der Waals surface area contributed by atoms with Crippen molar-refractivity contribution in [3.8, 4) is 0 Å². The number of carbonyl (C=O) groups is 4. The van der Waals surface area contributed by atoms with Crippen LogP contribution < -0.4 is 11.0 Å². The lowest BCUT2D eigenvalue weighted by Crippen LogP contribution is -2.35. The third-order valence-corrected chi connectivity index (χ3v) is 3.41. The van der Waals surface area contributed by atoms with Crippen LogP contribution in [0.5, 0.6) is 0 Å². The van der Waals surface area contributed by atoms with Crippen LogP contribution in [0.3, 0.4) is 0 Å². The molecule has 1 fully saturated rings. The van der Waals surface area contributed by atoms with Gasteiger partial charge in [-0.2, -0.15) is 0 Å². The monoisotopic (exact) mass is 346 g/mol. The lowest BCUT2D eigenvalue weighted by Gasteiger charge is -2.25. The molecular weight excluding hydrogens is 324 g/mol. The summed E-state index contributed by atoms with van der Waals surface area (Å²) < 4.78 is 9.12. The summed E-state index contributed by atoms with van der Waals surface area (Å²) in [5, 5.41) is 0. The van der Waals surface area contributed by atoms with E-state index in [0.29, 0.717) is 25.7 Å². The summed E-state index contributed by atoms with van der Waals surface area (Å²) in [6, 6.07) is 0. The van der Waals surface area contributed by atoms with Crippen LogP contribution in [0.15, 0.2) is 0 Å². The standard InChI is InChI=1S/C14H22N2O8/c1-3-21-13(19)15-23-11(17)9-5-7-10(8-6-9)12(18)24-16-14(20)22-4-2/h9-10H,3-8H2,1-2H3,(H,15,19)(H,16,20). The normalized spacial score (nSPS) is 19.6. The molecule has 0 saturated heterocycles. The molecule has 136 valence electrons. The Hall–Kier alpha value is -2.52. The smallest absolute Gasteiger partial charge is 0.440 e. The van der Waals surface area contributed by atoms with Crippen LogP contribution in [0, 0.1) is 11.8 Å². The van der Waals surface area contributed by atoms with Gasteiger partial charge in [0, 0.05) is 0 Å². The van der Waals surface area contributed by atoms with Crippen molar-refractivity contribution >= 4 is 24.1 Å². The van der Waals surface area contributed by atoms with E-state index < -0.39 is 36.0 Å². The van der Waals surface area contributed by atoms with Gasteiger partial charge in [0.05, 0.1) is 25.0 Å². The molecule has 10 nitrogen and oxygen atoms in total. The van der Waals surface area contributed by atoms with Gasteiger partial charge >= 0.3 is 24.1 Å². The SMILES string of the molecule is CCOC(=O)NOC(=O)C1CCC(C(=O)ONC(=O)OCC)CC1. The molecule has 0 radical (unpaired) electrons. The molecule has 0 spiro atoms. The summed E-state index contributed by atoms with van der Waals surface area (Å²) in [5.74, 6) is -2.01. The van der Waals surface area contributed by atoms with Crippen molar-refractivity contribution in [2.24, 2.45) is 11.8 Å². The van der Waals surface area contributed by atoms with Crippen molar-refractivity contribution in [1.82, 2.24) is 11.0 Å². The number of rotatable bonds is 4. The van der Waals surface area contributed by atoms with Crippen molar-refractivity contribution in [1.29, 1.82) is 0 Å². The maximum Gasteiger partial charge on any atom is 0.440 e. The minimum absolute atomic E-state index is 0.163. The first-order chi connectivity index (χ1) is 11.5. The number of hydroxylamine groups is 2. The molecule has 0 unspecified atom stereocenters. The Morgan fingerprint density at radius 3 is 1.38 bits per heavy atom. The van der Waals surface area contributed by atoms with Crippen molar-refractivity contribution in [3.63, 3.8) is 0 Å². The number of hydrogen-bond acceptors (Lipinski definition) is 8. The number of nitrogens with one attached hydrogen (secondary N) is 2. The van der Waals surface area contributed by atoms with E-state index in [1.165, 1.54) is 0 Å². The summed E-state index contributed by atoms with van der Waals surface area (Å²) in [6.45, 7) is 3.57. The van der Waals surface area contributed by atoms with E-state index in [0.717, 1.165) is 0 Å². The first-order valence-electron chi connectivity index (χ1n) is 7.74. The molecule has 0 aromatic heterocycles. The van der Waals surface area contributed by atoms with Crippen LogP contribution in [0.25, 0.3) is 0 Å². The summed E-state index contributed by atoms with van der Waals surface area (Å²) in [4.78, 5) is 54.9. The Morgan fingerprint density at radius 1 is 0.750 bits per heavy atom. The van der Waals surface area contributed by atoms with Crippen molar-refractivity contribution in [2.45, 2.75) is 39.5 Å². The summed E-state index contributed by atoms with van der Waals surface area (Å²) in [6.07, 6.45) is -0.0583. The Labute approximate surface area is 139 Å². The molecule has 0 heterocycles. The van der Waals surface area contributed by atoms with Gasteiger partial charge in [-0.05, 0) is 39.5 Å². The van der Waals surface area contributed by atoms with Crippen LogP contribution in [0.4, 0.5) is 9.59 Å². The first kappa shape index (κ1) is 19.5. The average Bonchev–Trinajstić information content (AvgIpc) is 2.58. The van der Waals surface area contributed by atoms with Gasteiger partial charge in [0.2, 0.25) is 0 Å². The second-order valence-corrected chi connectivity index (χ2v) is 5.04. The van der Waals surface area contributed by atoms with Crippen molar-refractivity contribution in [3.05, 3.63) is 0 Å². The highest BCUT2D eigenvalue weighted by atomic mass is 16.7. The molecule has 0 aromatic carbocycles. The van der Waals surface area contributed by atoms with Crippen LogP contribution in [-0.2, 0) is 28.7 Å². The predicted molar refractivity (Wildman–Crippen MR) is 77.9 cm³/mol. The molecule has 0 aromatic rings. The highest BCUT2D eigenvalue weighted by molar-refractivity contribution is 5.77. The Balaban J connectivity index is 2.27. The fourth-order valence-electron chi connectivity index (χ4n) is 2.24. The van der Waals surface area contributed by atoms with Gasteiger partial charge in [-0.15, -0.1) is 11.0 Å². The maximum absolute atomic E-state index is 11.8. The molecular formula is C14H22N2O8. The molecule has 1 aliphatic rings. The third-order valence-electron chi connectivity index (χ3n) is 3.41. The van der Waals surface area contributed by atoms with Gasteiger partial charge in [0.25, 0.3) is 0 Å². The summed E-state index contributed by atoms with van der Waals surface area (Å²) >= 11 is 0. The molecule has 1 aliphatic carbocycles. The molecule has 0 bridgehead atoms. The lowest BCUT2D eigenvalue weighted by atomic mass is 9.82. The van der Waals surface area contributed by atoms with Crippen LogP contribution in [-0.4, -0.2) is 37.3 Å². The maximum atomic E-state index is 11.8. The van der Waals surface area contributed by atoms with E-state index >= 15 is 0 Å². The molecule has 2 amide bonds. The lowest BCUT2D eigenvalue weighted by molar-refractivity contribution is -0.161. The zero-order valence-electron chi connectivity index (χ0n) is 13.7. The zero-order chi connectivity index (χ0) is 17.9. The Kier molecular flexibility index (Phi) is 8.37. The van der Waals surface area contributed by atoms with E-state index in [9.17, 15) is 19.2 Å². The van der Waals surface area contributed by atoms with E-state index in [4.69, 9.17) is 0 Å². The van der Waals surface area contributed by atoms with Gasteiger partial charge in [-0.1, -0.05) is 0 Å². The van der Waals surface area contributed by atoms with E-state index in [1.807, 2.05) is 11.0 Å². The second kappa shape index (κ2) is 10.3. The van der Waals surface area contributed by atoms with E-state index in [2.05, 4.69) is 19.1 Å². The molecule has 2 N–H and O–H groups in total. The quantitative estimate of drug-likeness (QED) is 0.574. The fraction of sp³-hybridized carbons (Fsp3) is 0.714. The molecule has 24 heavy (non-hydrogen) atoms. The van der Waals surface area contributed by atoms with Crippen molar-refractivity contribution < 1.29 is 38.3 Å². The summed E-state index contributed by atoms with van der Waals surface area (Å²) in [7, 11) is 0. The fourth-order valence-corrected chi connectivity index (χ4v) is 2.24. The Morgan fingerprint density at radius 2 is 1.08 bits per heavy atom. The molecule has 1 saturated carbocycles. The van der Waals surface area contributed by atoms with Crippen molar-refractivity contribution in [2.75, 3.05) is 13.2 Å².